The summed E-state index contributed by atoms with van der Waals surface area (Å²) in [7, 11) is 2.02. The summed E-state index contributed by atoms with van der Waals surface area (Å²) in [6.45, 7) is 3.50. The molecule has 0 aliphatic carbocycles. The van der Waals surface area contributed by atoms with Crippen LogP contribution in [0, 0.1) is 17.2 Å². The van der Waals surface area contributed by atoms with E-state index in [-0.39, 0.29) is 12.1 Å². The summed E-state index contributed by atoms with van der Waals surface area (Å²) in [6, 6.07) is 11.0. The van der Waals surface area contributed by atoms with Gasteiger partial charge >= 0.3 is 6.03 Å². The Morgan fingerprint density at radius 2 is 2.24 bits per heavy atom. The van der Waals surface area contributed by atoms with Gasteiger partial charge in [0.2, 0.25) is 0 Å². The van der Waals surface area contributed by atoms with Crippen molar-refractivity contribution in [1.29, 1.82) is 5.26 Å². The fraction of sp³-hybridized carbons (Fsp3) is 0.333. The number of anilines is 2. The Labute approximate surface area is 169 Å². The molecule has 0 spiro atoms. The largest absolute Gasteiger partial charge is 0.354 e. The second-order valence-electron chi connectivity index (χ2n) is 7.45. The van der Waals surface area contributed by atoms with Crippen molar-refractivity contribution in [2.24, 2.45) is 5.92 Å². The minimum absolute atomic E-state index is 0.132. The second kappa shape index (κ2) is 7.80. The van der Waals surface area contributed by atoms with Crippen LogP contribution < -0.4 is 10.2 Å². The van der Waals surface area contributed by atoms with E-state index in [9.17, 15) is 4.79 Å². The van der Waals surface area contributed by atoms with Crippen molar-refractivity contribution in [1.82, 2.24) is 19.9 Å². The Kier molecular flexibility index (Phi) is 5.04. The number of fused-ring (bicyclic) bond motifs is 1. The summed E-state index contributed by atoms with van der Waals surface area (Å²) >= 11 is 0. The van der Waals surface area contributed by atoms with E-state index in [4.69, 9.17) is 5.26 Å². The van der Waals surface area contributed by atoms with Gasteiger partial charge in [-0.3, -0.25) is 0 Å². The predicted octanol–water partition coefficient (Wildman–Crippen LogP) is 3.21. The van der Waals surface area contributed by atoms with E-state index in [0.717, 1.165) is 23.3 Å². The molecular formula is C21H23N7O. The first kappa shape index (κ1) is 18.7. The fourth-order valence-electron chi connectivity index (χ4n) is 3.90. The Morgan fingerprint density at radius 3 is 3.07 bits per heavy atom. The number of benzene rings is 1. The molecular weight excluding hydrogens is 366 g/mol. The van der Waals surface area contributed by atoms with E-state index in [1.54, 1.807) is 30.6 Å². The highest BCUT2D eigenvalue weighted by atomic mass is 16.2. The molecule has 0 bridgehead atoms. The Morgan fingerprint density at radius 1 is 1.38 bits per heavy atom. The van der Waals surface area contributed by atoms with Crippen LogP contribution in [0.5, 0.6) is 0 Å². The third kappa shape index (κ3) is 3.72. The highest BCUT2D eigenvalue weighted by Crippen LogP contribution is 2.28. The van der Waals surface area contributed by atoms with Gasteiger partial charge in [-0.1, -0.05) is 13.0 Å². The Balaban J connectivity index is 1.51. The molecule has 1 aliphatic rings. The first-order valence-corrected chi connectivity index (χ1v) is 9.64. The molecule has 2 N–H and O–H groups in total. The maximum absolute atomic E-state index is 12.8. The van der Waals surface area contributed by atoms with Crippen LogP contribution in [0.25, 0.3) is 11.0 Å². The number of aromatic amines is 1. The van der Waals surface area contributed by atoms with Gasteiger partial charge in [-0.25, -0.2) is 14.8 Å². The summed E-state index contributed by atoms with van der Waals surface area (Å²) in [4.78, 5) is 28.7. The summed E-state index contributed by atoms with van der Waals surface area (Å²) in [5.74, 6) is 1.27. The van der Waals surface area contributed by atoms with E-state index in [1.807, 2.05) is 24.2 Å². The van der Waals surface area contributed by atoms with Crippen LogP contribution in [0.15, 0.2) is 42.9 Å². The van der Waals surface area contributed by atoms with Gasteiger partial charge in [0.15, 0.2) is 0 Å². The highest BCUT2D eigenvalue weighted by molar-refractivity contribution is 5.90. The van der Waals surface area contributed by atoms with Crippen molar-refractivity contribution < 1.29 is 4.79 Å². The van der Waals surface area contributed by atoms with Crippen LogP contribution in [-0.2, 0) is 0 Å². The first-order chi connectivity index (χ1) is 14.1. The number of rotatable bonds is 3. The van der Waals surface area contributed by atoms with Crippen LogP contribution in [0.4, 0.5) is 16.3 Å². The van der Waals surface area contributed by atoms with Crippen LogP contribution in [-0.4, -0.2) is 52.1 Å². The average Bonchev–Trinajstić information content (AvgIpc) is 3.22. The Bertz CT molecular complexity index is 1070. The summed E-state index contributed by atoms with van der Waals surface area (Å²) in [6.07, 6.45) is 4.32. The van der Waals surface area contributed by atoms with Crippen molar-refractivity contribution >= 4 is 28.6 Å². The third-order valence-corrected chi connectivity index (χ3v) is 5.61. The lowest BCUT2D eigenvalue weighted by Crippen LogP contribution is -2.53. The molecule has 1 fully saturated rings. The van der Waals surface area contributed by atoms with Crippen molar-refractivity contribution in [3.05, 3.63) is 48.4 Å². The lowest BCUT2D eigenvalue weighted by molar-refractivity contribution is 0.172. The van der Waals surface area contributed by atoms with E-state index >= 15 is 0 Å². The fourth-order valence-corrected chi connectivity index (χ4v) is 3.90. The quantitative estimate of drug-likeness (QED) is 0.716. The number of likely N-dealkylation sites (tertiary alicyclic amines) is 1. The molecule has 29 heavy (non-hydrogen) atoms. The van der Waals surface area contributed by atoms with Gasteiger partial charge in [-0.15, -0.1) is 0 Å². The number of nitrogens with zero attached hydrogens (tertiary/aromatic N) is 5. The van der Waals surface area contributed by atoms with Gasteiger partial charge in [0.05, 0.1) is 23.1 Å². The number of hydrogen-bond acceptors (Lipinski definition) is 5. The SMILES string of the molecule is CC1CCN(C(=O)Nc2cccc(C#N)c2)CC1N(C)c1ncnc2[nH]ccc12. The van der Waals surface area contributed by atoms with Gasteiger partial charge in [0.1, 0.15) is 17.8 Å². The van der Waals surface area contributed by atoms with Crippen LogP contribution in [0.1, 0.15) is 18.9 Å². The number of nitrogens with one attached hydrogen (secondary N) is 2. The molecule has 8 nitrogen and oxygen atoms in total. The number of amides is 2. The molecule has 1 saturated heterocycles. The van der Waals surface area contributed by atoms with Crippen molar-refractivity contribution in [3.63, 3.8) is 0 Å². The molecule has 1 aliphatic heterocycles. The number of piperidine rings is 1. The lowest BCUT2D eigenvalue weighted by atomic mass is 9.92. The maximum atomic E-state index is 12.8. The number of H-pyrrole nitrogens is 1. The third-order valence-electron chi connectivity index (χ3n) is 5.61. The van der Waals surface area contributed by atoms with Gasteiger partial charge in [0.25, 0.3) is 0 Å². The van der Waals surface area contributed by atoms with Gasteiger partial charge < -0.3 is 20.1 Å². The molecule has 2 atom stereocenters. The molecule has 8 heteroatoms. The molecule has 0 radical (unpaired) electrons. The highest BCUT2D eigenvalue weighted by Gasteiger charge is 2.32. The molecule has 4 rings (SSSR count). The molecule has 0 saturated carbocycles. The van der Waals surface area contributed by atoms with Gasteiger partial charge in [-0.2, -0.15) is 5.26 Å². The smallest absolute Gasteiger partial charge is 0.321 e. The Hall–Kier alpha value is -3.60. The number of nitriles is 1. The van der Waals surface area contributed by atoms with E-state index < -0.39 is 0 Å². The molecule has 2 aromatic heterocycles. The second-order valence-corrected chi connectivity index (χ2v) is 7.45. The van der Waals surface area contributed by atoms with Crippen LogP contribution in [0.2, 0.25) is 0 Å². The van der Waals surface area contributed by atoms with Crippen LogP contribution in [0.3, 0.4) is 0 Å². The number of urea groups is 1. The van der Waals surface area contributed by atoms with Gasteiger partial charge in [0, 0.05) is 32.0 Å². The van der Waals surface area contributed by atoms with E-state index in [2.05, 4.69) is 38.2 Å². The number of hydrogen-bond donors (Lipinski definition) is 2. The van der Waals surface area contributed by atoms with E-state index in [0.29, 0.717) is 30.3 Å². The minimum atomic E-state index is -0.153. The lowest BCUT2D eigenvalue weighted by Gasteiger charge is -2.42. The van der Waals surface area contributed by atoms with Crippen molar-refractivity contribution in [2.75, 3.05) is 30.4 Å². The molecule has 148 valence electrons. The number of aromatic nitrogens is 3. The van der Waals surface area contributed by atoms with Crippen LogP contribution >= 0.6 is 0 Å². The van der Waals surface area contributed by atoms with Crippen molar-refractivity contribution in [2.45, 2.75) is 19.4 Å². The first-order valence-electron chi connectivity index (χ1n) is 9.64. The zero-order chi connectivity index (χ0) is 20.4. The summed E-state index contributed by atoms with van der Waals surface area (Å²) in [5, 5.41) is 12.9. The normalized spacial score (nSPS) is 19.0. The minimum Gasteiger partial charge on any atom is -0.354 e. The molecule has 2 unspecified atom stereocenters. The molecule has 3 aromatic rings. The maximum Gasteiger partial charge on any atom is 0.321 e. The monoisotopic (exact) mass is 389 g/mol. The van der Waals surface area contributed by atoms with Gasteiger partial charge in [-0.05, 0) is 36.6 Å². The number of likely N-dealkylation sites (N-methyl/N-ethyl adjacent to an activating group) is 1. The topological polar surface area (TPSA) is 101 Å². The number of carbonyl (C=O) groups excluding carboxylic acids is 1. The molecule has 3 heterocycles. The predicted molar refractivity (Wildman–Crippen MR) is 112 cm³/mol. The summed E-state index contributed by atoms with van der Waals surface area (Å²) in [5.41, 5.74) is 1.95. The average molecular weight is 389 g/mol. The summed E-state index contributed by atoms with van der Waals surface area (Å²) < 4.78 is 0. The zero-order valence-electron chi connectivity index (χ0n) is 16.5. The zero-order valence-corrected chi connectivity index (χ0v) is 16.5. The van der Waals surface area contributed by atoms with E-state index in [1.165, 1.54) is 0 Å². The molecule has 1 aromatic carbocycles. The van der Waals surface area contributed by atoms with Crippen molar-refractivity contribution in [3.8, 4) is 6.07 Å². The standard InChI is InChI=1S/C21H23N7O/c1-14-7-9-28(21(29)26-16-5-3-4-15(10-16)11-22)12-18(14)27(2)20-17-6-8-23-19(17)24-13-25-20/h3-6,8,10,13-14,18H,7,9,12H2,1-2H3,(H,26,29)(H,23,24,25). The molecule has 2 amide bonds. The number of carbonyl (C=O) groups is 1.